The average Bonchev–Trinajstić information content (AvgIpc) is 3.25. The summed E-state index contributed by atoms with van der Waals surface area (Å²) < 4.78 is 5.23. The third-order valence-corrected chi connectivity index (χ3v) is 3.73. The van der Waals surface area contributed by atoms with Crippen LogP contribution in [0.3, 0.4) is 0 Å². The van der Waals surface area contributed by atoms with Gasteiger partial charge in [-0.1, -0.05) is 13.8 Å². The van der Waals surface area contributed by atoms with E-state index in [2.05, 4.69) is 37.1 Å². The van der Waals surface area contributed by atoms with Gasteiger partial charge in [0, 0.05) is 39.0 Å². The van der Waals surface area contributed by atoms with Crippen molar-refractivity contribution in [1.82, 2.24) is 10.3 Å². The van der Waals surface area contributed by atoms with Crippen molar-refractivity contribution in [1.29, 1.82) is 0 Å². The highest BCUT2D eigenvalue weighted by molar-refractivity contribution is 5.47. The number of aryl methyl sites for hydroxylation is 1. The molecule has 0 aromatic carbocycles. The van der Waals surface area contributed by atoms with Gasteiger partial charge >= 0.3 is 0 Å². The highest BCUT2D eigenvalue weighted by atomic mass is 16.5. The average molecular weight is 291 g/mol. The molecule has 21 heavy (non-hydrogen) atoms. The summed E-state index contributed by atoms with van der Waals surface area (Å²) >= 11 is 0. The smallest absolute Gasteiger partial charge is 0.131 e. The van der Waals surface area contributed by atoms with Gasteiger partial charge in [-0.2, -0.15) is 0 Å². The van der Waals surface area contributed by atoms with Crippen LogP contribution in [0.1, 0.15) is 37.8 Å². The molecule has 2 rings (SSSR count). The Morgan fingerprint density at radius 3 is 2.76 bits per heavy atom. The largest absolute Gasteiger partial charge is 0.383 e. The molecule has 1 N–H and O–H groups in total. The van der Waals surface area contributed by atoms with Crippen LogP contribution in [-0.4, -0.2) is 37.8 Å². The molecule has 0 unspecified atom stereocenters. The van der Waals surface area contributed by atoms with Crippen LogP contribution in [0.15, 0.2) is 12.3 Å². The van der Waals surface area contributed by atoms with Gasteiger partial charge in [-0.3, -0.25) is 0 Å². The molecule has 1 aromatic rings. The van der Waals surface area contributed by atoms with Crippen molar-refractivity contribution in [2.75, 3.05) is 31.7 Å². The van der Waals surface area contributed by atoms with E-state index in [9.17, 15) is 0 Å². The SMILES string of the molecule is COCCN(CC(C)C)c1ncc(CNC2CC2)cc1C. The zero-order chi connectivity index (χ0) is 15.2. The summed E-state index contributed by atoms with van der Waals surface area (Å²) in [6.07, 6.45) is 4.66. The number of pyridine rings is 1. The number of aromatic nitrogens is 1. The topological polar surface area (TPSA) is 37.4 Å². The number of rotatable bonds is 9. The zero-order valence-electron chi connectivity index (χ0n) is 13.9. The molecule has 1 saturated carbocycles. The van der Waals surface area contributed by atoms with Crippen LogP contribution in [0.5, 0.6) is 0 Å². The maximum Gasteiger partial charge on any atom is 0.131 e. The summed E-state index contributed by atoms with van der Waals surface area (Å²) in [5.74, 6) is 1.70. The van der Waals surface area contributed by atoms with Gasteiger partial charge in [0.05, 0.1) is 6.61 Å². The van der Waals surface area contributed by atoms with E-state index in [0.717, 1.165) is 38.1 Å². The van der Waals surface area contributed by atoms with Crippen molar-refractivity contribution in [3.63, 3.8) is 0 Å². The van der Waals surface area contributed by atoms with Crippen LogP contribution < -0.4 is 10.2 Å². The molecule has 1 aromatic heterocycles. The van der Waals surface area contributed by atoms with Crippen molar-refractivity contribution in [2.45, 2.75) is 46.2 Å². The highest BCUT2D eigenvalue weighted by Gasteiger charge is 2.20. The quantitative estimate of drug-likeness (QED) is 0.759. The molecular formula is C17H29N3O. The molecule has 0 spiro atoms. The summed E-state index contributed by atoms with van der Waals surface area (Å²) in [5, 5.41) is 3.54. The number of methoxy groups -OCH3 is 1. The normalized spacial score (nSPS) is 14.7. The minimum Gasteiger partial charge on any atom is -0.383 e. The van der Waals surface area contributed by atoms with Crippen LogP contribution in [-0.2, 0) is 11.3 Å². The van der Waals surface area contributed by atoms with E-state index in [1.165, 1.54) is 24.0 Å². The number of anilines is 1. The first-order valence-electron chi connectivity index (χ1n) is 8.03. The van der Waals surface area contributed by atoms with Crippen LogP contribution in [0, 0.1) is 12.8 Å². The van der Waals surface area contributed by atoms with Crippen LogP contribution in [0.4, 0.5) is 5.82 Å². The lowest BCUT2D eigenvalue weighted by Crippen LogP contribution is -2.32. The fourth-order valence-electron chi connectivity index (χ4n) is 2.53. The van der Waals surface area contributed by atoms with Gasteiger partial charge in [0.1, 0.15) is 5.82 Å². The van der Waals surface area contributed by atoms with Crippen molar-refractivity contribution < 1.29 is 4.74 Å². The third-order valence-electron chi connectivity index (χ3n) is 3.73. The molecule has 0 radical (unpaired) electrons. The summed E-state index contributed by atoms with van der Waals surface area (Å²) in [7, 11) is 1.75. The molecule has 1 aliphatic carbocycles. The van der Waals surface area contributed by atoms with Crippen LogP contribution >= 0.6 is 0 Å². The first-order valence-corrected chi connectivity index (χ1v) is 8.03. The summed E-state index contributed by atoms with van der Waals surface area (Å²) in [6.45, 7) is 10.2. The molecule has 0 saturated heterocycles. The van der Waals surface area contributed by atoms with E-state index in [0.29, 0.717) is 5.92 Å². The first kappa shape index (κ1) is 16.2. The van der Waals surface area contributed by atoms with Gasteiger partial charge in [-0.15, -0.1) is 0 Å². The van der Waals surface area contributed by atoms with Gasteiger partial charge in [0.2, 0.25) is 0 Å². The molecule has 0 atom stereocenters. The fraction of sp³-hybridized carbons (Fsp3) is 0.706. The Kier molecular flexibility index (Phi) is 6.00. The Morgan fingerprint density at radius 1 is 1.43 bits per heavy atom. The van der Waals surface area contributed by atoms with E-state index in [1.807, 2.05) is 6.20 Å². The van der Waals surface area contributed by atoms with Crippen molar-refractivity contribution in [2.24, 2.45) is 5.92 Å². The molecule has 4 heteroatoms. The van der Waals surface area contributed by atoms with Crippen LogP contribution in [0.2, 0.25) is 0 Å². The molecule has 1 fully saturated rings. The summed E-state index contributed by atoms with van der Waals surface area (Å²) in [4.78, 5) is 7.05. The van der Waals surface area contributed by atoms with Crippen molar-refractivity contribution in [3.05, 3.63) is 23.4 Å². The maximum absolute atomic E-state index is 5.23. The fourth-order valence-corrected chi connectivity index (χ4v) is 2.53. The van der Waals surface area contributed by atoms with E-state index in [1.54, 1.807) is 7.11 Å². The molecule has 118 valence electrons. The lowest BCUT2D eigenvalue weighted by molar-refractivity contribution is 0.204. The minimum absolute atomic E-state index is 0.610. The summed E-state index contributed by atoms with van der Waals surface area (Å²) in [6, 6.07) is 3.00. The molecule has 1 aliphatic rings. The molecule has 1 heterocycles. The van der Waals surface area contributed by atoms with E-state index >= 15 is 0 Å². The highest BCUT2D eigenvalue weighted by Crippen LogP contribution is 2.21. The zero-order valence-corrected chi connectivity index (χ0v) is 13.9. The number of nitrogens with zero attached hydrogens (tertiary/aromatic N) is 2. The molecule has 0 bridgehead atoms. The van der Waals surface area contributed by atoms with Crippen molar-refractivity contribution in [3.8, 4) is 0 Å². The number of ether oxygens (including phenoxy) is 1. The molecule has 4 nitrogen and oxygen atoms in total. The number of hydrogen-bond donors (Lipinski definition) is 1. The lowest BCUT2D eigenvalue weighted by Gasteiger charge is -2.27. The first-order chi connectivity index (χ1) is 10.1. The molecular weight excluding hydrogens is 262 g/mol. The Labute approximate surface area is 128 Å². The Morgan fingerprint density at radius 2 is 2.19 bits per heavy atom. The van der Waals surface area contributed by atoms with E-state index in [-0.39, 0.29) is 0 Å². The second-order valence-electron chi connectivity index (χ2n) is 6.47. The maximum atomic E-state index is 5.23. The van der Waals surface area contributed by atoms with Gasteiger partial charge in [0.15, 0.2) is 0 Å². The van der Waals surface area contributed by atoms with Crippen LogP contribution in [0.25, 0.3) is 0 Å². The Balaban J connectivity index is 2.03. The second-order valence-corrected chi connectivity index (χ2v) is 6.47. The van der Waals surface area contributed by atoms with Gasteiger partial charge in [0.25, 0.3) is 0 Å². The Hall–Kier alpha value is -1.13. The third kappa shape index (κ3) is 5.29. The number of nitrogens with one attached hydrogen (secondary N) is 1. The minimum atomic E-state index is 0.610. The monoisotopic (exact) mass is 291 g/mol. The molecule has 0 aliphatic heterocycles. The van der Waals surface area contributed by atoms with Crippen molar-refractivity contribution >= 4 is 5.82 Å². The van der Waals surface area contributed by atoms with Gasteiger partial charge < -0.3 is 15.0 Å². The second kappa shape index (κ2) is 7.76. The predicted molar refractivity (Wildman–Crippen MR) is 87.8 cm³/mol. The van der Waals surface area contributed by atoms with Gasteiger partial charge in [-0.25, -0.2) is 4.98 Å². The summed E-state index contributed by atoms with van der Waals surface area (Å²) in [5.41, 5.74) is 2.53. The lowest BCUT2D eigenvalue weighted by atomic mass is 10.1. The predicted octanol–water partition coefficient (Wildman–Crippen LogP) is 2.75. The van der Waals surface area contributed by atoms with E-state index in [4.69, 9.17) is 9.72 Å². The van der Waals surface area contributed by atoms with E-state index < -0.39 is 0 Å². The molecule has 0 amide bonds. The number of hydrogen-bond acceptors (Lipinski definition) is 4. The Bertz CT molecular complexity index is 444. The standard InChI is InChI=1S/C17H29N3O/c1-13(2)12-20(7-8-21-4)17-14(3)9-15(11-19-17)10-18-16-5-6-16/h9,11,13,16,18H,5-8,10,12H2,1-4H3. The van der Waals surface area contributed by atoms with Gasteiger partial charge in [-0.05, 0) is 42.9 Å².